The lowest BCUT2D eigenvalue weighted by Gasteiger charge is -2.11. The van der Waals surface area contributed by atoms with Gasteiger partial charge in [0.05, 0.1) is 0 Å². The average Bonchev–Trinajstić information content (AvgIpc) is 3.10. The summed E-state index contributed by atoms with van der Waals surface area (Å²) in [6.07, 6.45) is 2.34. The highest BCUT2D eigenvalue weighted by atomic mass is 16.2. The first-order chi connectivity index (χ1) is 12.5. The molecule has 8 nitrogen and oxygen atoms in total. The Balaban J connectivity index is 1.65. The summed E-state index contributed by atoms with van der Waals surface area (Å²) in [4.78, 5) is 32.3. The van der Waals surface area contributed by atoms with Crippen LogP contribution in [0.1, 0.15) is 33.7 Å². The average molecular weight is 352 g/mol. The number of rotatable bonds is 5. The molecule has 1 aromatic carbocycles. The van der Waals surface area contributed by atoms with Crippen LogP contribution in [0.15, 0.2) is 30.6 Å². The molecule has 0 unspecified atom stereocenters. The molecule has 26 heavy (non-hydrogen) atoms. The van der Waals surface area contributed by atoms with E-state index in [1.54, 1.807) is 35.8 Å². The number of benzene rings is 1. The normalized spacial score (nSPS) is 10.7. The molecule has 2 amide bonds. The molecule has 3 aromatic rings. The van der Waals surface area contributed by atoms with Crippen molar-refractivity contribution >= 4 is 23.3 Å². The number of carbonyl (C=O) groups is 2. The van der Waals surface area contributed by atoms with Gasteiger partial charge in [-0.2, -0.15) is 10.1 Å². The summed E-state index contributed by atoms with van der Waals surface area (Å²) in [5.74, 6) is 0.296. The number of nitrogens with zero attached hydrogens (tertiary/aromatic N) is 4. The molecule has 0 spiro atoms. The molecule has 0 radical (unpaired) electrons. The van der Waals surface area contributed by atoms with Crippen LogP contribution in [-0.4, -0.2) is 38.4 Å². The van der Waals surface area contributed by atoms with Crippen molar-refractivity contribution in [3.63, 3.8) is 0 Å². The Morgan fingerprint density at radius 3 is 2.58 bits per heavy atom. The highest BCUT2D eigenvalue weighted by Gasteiger charge is 2.13. The van der Waals surface area contributed by atoms with Crippen molar-refractivity contribution in [2.24, 2.45) is 0 Å². The van der Waals surface area contributed by atoms with Crippen LogP contribution in [0.25, 0.3) is 5.78 Å². The fourth-order valence-corrected chi connectivity index (χ4v) is 2.83. The molecule has 0 aliphatic carbocycles. The van der Waals surface area contributed by atoms with Crippen molar-refractivity contribution in [2.45, 2.75) is 26.7 Å². The Labute approximate surface area is 150 Å². The molecule has 0 saturated heterocycles. The lowest BCUT2D eigenvalue weighted by molar-refractivity contribution is -0.116. The van der Waals surface area contributed by atoms with Crippen LogP contribution in [-0.2, 0) is 11.2 Å². The zero-order valence-corrected chi connectivity index (χ0v) is 14.9. The number of aromatic nitrogens is 4. The summed E-state index contributed by atoms with van der Waals surface area (Å²) >= 11 is 0. The standard InChI is InChI=1S/C18H20N6O2/c1-11-15(12(2)24-18(22-11)20-10-21-24)8-9-16(25)23-14-6-4-13(5-7-14)17(26)19-3/h4-7,10H,8-9H2,1-3H3,(H,19,26)(H,23,25). The minimum atomic E-state index is -0.162. The third-order valence-electron chi connectivity index (χ3n) is 4.25. The maximum Gasteiger partial charge on any atom is 0.252 e. The van der Waals surface area contributed by atoms with Crippen LogP contribution in [0.4, 0.5) is 5.69 Å². The number of carbonyl (C=O) groups excluding carboxylic acids is 2. The maximum atomic E-state index is 12.3. The Bertz CT molecular complexity index is 962. The van der Waals surface area contributed by atoms with Gasteiger partial charge in [0.25, 0.3) is 11.7 Å². The van der Waals surface area contributed by atoms with E-state index in [0.29, 0.717) is 29.9 Å². The van der Waals surface area contributed by atoms with Crippen LogP contribution in [0, 0.1) is 13.8 Å². The smallest absolute Gasteiger partial charge is 0.252 e. The first kappa shape index (κ1) is 17.5. The van der Waals surface area contributed by atoms with Gasteiger partial charge in [-0.15, -0.1) is 0 Å². The van der Waals surface area contributed by atoms with E-state index in [-0.39, 0.29) is 11.8 Å². The van der Waals surface area contributed by atoms with E-state index >= 15 is 0 Å². The van der Waals surface area contributed by atoms with Gasteiger partial charge in [0.15, 0.2) is 0 Å². The second-order valence-electron chi connectivity index (χ2n) is 5.94. The number of nitrogens with one attached hydrogen (secondary N) is 2. The van der Waals surface area contributed by atoms with E-state index in [2.05, 4.69) is 25.7 Å². The van der Waals surface area contributed by atoms with Gasteiger partial charge in [0.1, 0.15) is 6.33 Å². The molecule has 2 heterocycles. The molecule has 3 rings (SSSR count). The highest BCUT2D eigenvalue weighted by Crippen LogP contribution is 2.16. The number of amides is 2. The summed E-state index contributed by atoms with van der Waals surface area (Å²) < 4.78 is 1.68. The van der Waals surface area contributed by atoms with Crippen LogP contribution < -0.4 is 10.6 Å². The predicted octanol–water partition coefficient (Wildman–Crippen LogP) is 1.67. The molecule has 0 atom stereocenters. The van der Waals surface area contributed by atoms with Crippen molar-refractivity contribution in [1.29, 1.82) is 0 Å². The van der Waals surface area contributed by atoms with Crippen molar-refractivity contribution < 1.29 is 9.59 Å². The molecule has 0 aliphatic heterocycles. The van der Waals surface area contributed by atoms with Crippen molar-refractivity contribution in [2.75, 3.05) is 12.4 Å². The first-order valence-electron chi connectivity index (χ1n) is 8.27. The fourth-order valence-electron chi connectivity index (χ4n) is 2.83. The van der Waals surface area contributed by atoms with Crippen LogP contribution >= 0.6 is 0 Å². The Morgan fingerprint density at radius 1 is 1.15 bits per heavy atom. The molecule has 134 valence electrons. The monoisotopic (exact) mass is 352 g/mol. The molecule has 2 aromatic heterocycles. The van der Waals surface area contributed by atoms with Crippen LogP contribution in [0.3, 0.4) is 0 Å². The van der Waals surface area contributed by atoms with Gasteiger partial charge in [-0.1, -0.05) is 0 Å². The second-order valence-corrected chi connectivity index (χ2v) is 5.94. The SMILES string of the molecule is CNC(=O)c1ccc(NC(=O)CCc2c(C)nc3ncnn3c2C)cc1. The van der Waals surface area contributed by atoms with Crippen molar-refractivity contribution in [3.05, 3.63) is 53.1 Å². The first-order valence-corrected chi connectivity index (χ1v) is 8.27. The molecule has 2 N–H and O–H groups in total. The minimum absolute atomic E-state index is 0.102. The Hall–Kier alpha value is -3.29. The van der Waals surface area contributed by atoms with E-state index in [9.17, 15) is 9.59 Å². The van der Waals surface area contributed by atoms with E-state index in [1.807, 2.05) is 13.8 Å². The molecule has 0 saturated carbocycles. The van der Waals surface area contributed by atoms with Crippen LogP contribution in [0.2, 0.25) is 0 Å². The minimum Gasteiger partial charge on any atom is -0.355 e. The topological polar surface area (TPSA) is 101 Å². The number of aryl methyl sites for hydroxylation is 2. The predicted molar refractivity (Wildman–Crippen MR) is 97.0 cm³/mol. The molecule has 0 fully saturated rings. The van der Waals surface area contributed by atoms with Gasteiger partial charge in [-0.3, -0.25) is 9.59 Å². The molecular formula is C18H20N6O2. The molecule has 8 heteroatoms. The van der Waals surface area contributed by atoms with Gasteiger partial charge >= 0.3 is 0 Å². The molecule has 0 aliphatic rings. The van der Waals surface area contributed by atoms with Crippen LogP contribution in [0.5, 0.6) is 0 Å². The summed E-state index contributed by atoms with van der Waals surface area (Å²) in [6.45, 7) is 3.85. The van der Waals surface area contributed by atoms with Crippen molar-refractivity contribution in [1.82, 2.24) is 24.9 Å². The zero-order chi connectivity index (χ0) is 18.7. The number of anilines is 1. The highest BCUT2D eigenvalue weighted by molar-refractivity contribution is 5.95. The second kappa shape index (κ2) is 7.30. The third-order valence-corrected chi connectivity index (χ3v) is 4.25. The zero-order valence-electron chi connectivity index (χ0n) is 14.9. The summed E-state index contributed by atoms with van der Waals surface area (Å²) in [5.41, 5.74) is 3.98. The van der Waals surface area contributed by atoms with Gasteiger partial charge in [0, 0.05) is 36.1 Å². The van der Waals surface area contributed by atoms with Crippen molar-refractivity contribution in [3.8, 4) is 0 Å². The van der Waals surface area contributed by atoms with Gasteiger partial charge in [0.2, 0.25) is 5.91 Å². The van der Waals surface area contributed by atoms with Gasteiger partial charge < -0.3 is 10.6 Å². The van der Waals surface area contributed by atoms with E-state index in [1.165, 1.54) is 6.33 Å². The largest absolute Gasteiger partial charge is 0.355 e. The third kappa shape index (κ3) is 3.53. The van der Waals surface area contributed by atoms with Gasteiger partial charge in [-0.25, -0.2) is 9.50 Å². The van der Waals surface area contributed by atoms with E-state index in [0.717, 1.165) is 17.0 Å². The number of hydrogen-bond donors (Lipinski definition) is 2. The Morgan fingerprint density at radius 2 is 1.88 bits per heavy atom. The number of hydrogen-bond acceptors (Lipinski definition) is 5. The number of fused-ring (bicyclic) bond motifs is 1. The lowest BCUT2D eigenvalue weighted by atomic mass is 10.1. The maximum absolute atomic E-state index is 12.3. The summed E-state index contributed by atoms with van der Waals surface area (Å²) in [6, 6.07) is 6.76. The molecule has 0 bridgehead atoms. The summed E-state index contributed by atoms with van der Waals surface area (Å²) in [5, 5.41) is 9.55. The fraction of sp³-hybridized carbons (Fsp3) is 0.278. The Kier molecular flexibility index (Phi) is 4.92. The summed E-state index contributed by atoms with van der Waals surface area (Å²) in [7, 11) is 1.58. The van der Waals surface area contributed by atoms with Gasteiger partial charge in [-0.05, 0) is 50.1 Å². The van der Waals surface area contributed by atoms with E-state index < -0.39 is 0 Å². The molecular weight excluding hydrogens is 332 g/mol. The lowest BCUT2D eigenvalue weighted by Crippen LogP contribution is -2.18. The van der Waals surface area contributed by atoms with E-state index in [4.69, 9.17) is 0 Å². The quantitative estimate of drug-likeness (QED) is 0.727.